The van der Waals surface area contributed by atoms with Gasteiger partial charge in [-0.05, 0) is 37.5 Å². The van der Waals surface area contributed by atoms with Crippen LogP contribution in [0.15, 0.2) is 18.2 Å². The van der Waals surface area contributed by atoms with Crippen molar-refractivity contribution in [1.82, 2.24) is 9.80 Å². The van der Waals surface area contributed by atoms with E-state index >= 15 is 0 Å². The topological polar surface area (TPSA) is 36.0 Å². The van der Waals surface area contributed by atoms with Crippen molar-refractivity contribution in [2.45, 2.75) is 25.3 Å². The Hall–Kier alpha value is -1.30. The van der Waals surface area contributed by atoms with E-state index in [1.165, 1.54) is 19.3 Å². The van der Waals surface area contributed by atoms with Gasteiger partial charge in [-0.1, -0.05) is 11.6 Å². The van der Waals surface area contributed by atoms with Crippen LogP contribution in [0.5, 0.6) is 0 Å². The zero-order chi connectivity index (χ0) is 17.2. The summed E-state index contributed by atoms with van der Waals surface area (Å²) in [6.07, 6.45) is 3.74. The van der Waals surface area contributed by atoms with Crippen LogP contribution in [0.1, 0.15) is 29.6 Å². The Labute approximate surface area is 154 Å². The highest BCUT2D eigenvalue weighted by Gasteiger charge is 2.36. The number of anilines is 1. The van der Waals surface area contributed by atoms with Crippen LogP contribution in [0.4, 0.5) is 5.69 Å². The number of ether oxygens (including phenoxy) is 1. The number of halogens is 1. The second-order valence-electron chi connectivity index (χ2n) is 7.22. The molecule has 0 N–H and O–H groups in total. The van der Waals surface area contributed by atoms with Crippen LogP contribution in [-0.4, -0.2) is 74.2 Å². The number of hydrogen-bond acceptors (Lipinski definition) is 4. The van der Waals surface area contributed by atoms with Gasteiger partial charge in [-0.2, -0.15) is 0 Å². The lowest BCUT2D eigenvalue weighted by atomic mass is 10.0. The van der Waals surface area contributed by atoms with Gasteiger partial charge < -0.3 is 14.5 Å². The molecule has 1 amide bonds. The van der Waals surface area contributed by atoms with Gasteiger partial charge in [0.15, 0.2) is 0 Å². The summed E-state index contributed by atoms with van der Waals surface area (Å²) in [5.74, 6) is 0.0633. The van der Waals surface area contributed by atoms with E-state index in [1.807, 2.05) is 23.1 Å². The maximum absolute atomic E-state index is 12.9. The molecule has 0 unspecified atom stereocenters. The van der Waals surface area contributed by atoms with E-state index < -0.39 is 0 Å². The summed E-state index contributed by atoms with van der Waals surface area (Å²) in [6.45, 7) is 7.26. The second kappa shape index (κ2) is 7.52. The summed E-state index contributed by atoms with van der Waals surface area (Å²) < 4.78 is 5.40. The molecule has 3 fully saturated rings. The largest absolute Gasteiger partial charge is 0.379 e. The van der Waals surface area contributed by atoms with Gasteiger partial charge in [-0.15, -0.1) is 0 Å². The van der Waals surface area contributed by atoms with Gasteiger partial charge in [-0.3, -0.25) is 9.69 Å². The van der Waals surface area contributed by atoms with Crippen molar-refractivity contribution >= 4 is 23.2 Å². The van der Waals surface area contributed by atoms with Crippen LogP contribution >= 0.6 is 11.6 Å². The van der Waals surface area contributed by atoms with Crippen LogP contribution in [0.2, 0.25) is 5.02 Å². The number of amides is 1. The predicted molar refractivity (Wildman–Crippen MR) is 99.6 cm³/mol. The number of rotatable bonds is 3. The van der Waals surface area contributed by atoms with Gasteiger partial charge in [0.1, 0.15) is 0 Å². The molecule has 0 atom stereocenters. The van der Waals surface area contributed by atoms with Crippen molar-refractivity contribution in [2.75, 3.05) is 57.4 Å². The fourth-order valence-electron chi connectivity index (χ4n) is 3.99. The van der Waals surface area contributed by atoms with Crippen LogP contribution in [0.25, 0.3) is 0 Å². The van der Waals surface area contributed by atoms with Gasteiger partial charge in [0, 0.05) is 51.0 Å². The number of morpholine rings is 1. The van der Waals surface area contributed by atoms with Gasteiger partial charge in [0.2, 0.25) is 0 Å². The first kappa shape index (κ1) is 17.1. The fourth-order valence-corrected chi connectivity index (χ4v) is 4.19. The first-order chi connectivity index (χ1) is 12.2. The zero-order valence-electron chi connectivity index (χ0n) is 14.6. The molecule has 25 heavy (non-hydrogen) atoms. The third kappa shape index (κ3) is 3.64. The average Bonchev–Trinajstić information content (AvgIpc) is 2.62. The molecule has 0 bridgehead atoms. The Bertz CT molecular complexity index is 621. The number of benzene rings is 1. The van der Waals surface area contributed by atoms with Crippen molar-refractivity contribution in [3.05, 3.63) is 28.8 Å². The van der Waals surface area contributed by atoms with Crippen molar-refractivity contribution in [1.29, 1.82) is 0 Å². The minimum absolute atomic E-state index is 0.0633. The van der Waals surface area contributed by atoms with Crippen molar-refractivity contribution in [2.24, 2.45) is 0 Å². The van der Waals surface area contributed by atoms with E-state index in [1.54, 1.807) is 0 Å². The van der Waals surface area contributed by atoms with Crippen LogP contribution in [0.3, 0.4) is 0 Å². The number of piperidine rings is 1. The van der Waals surface area contributed by atoms with E-state index in [2.05, 4.69) is 9.80 Å². The molecule has 5 nitrogen and oxygen atoms in total. The summed E-state index contributed by atoms with van der Waals surface area (Å²) in [7, 11) is 0. The first-order valence-electron chi connectivity index (χ1n) is 9.38. The van der Waals surface area contributed by atoms with Gasteiger partial charge in [-0.25, -0.2) is 0 Å². The van der Waals surface area contributed by atoms with Crippen molar-refractivity contribution in [3.63, 3.8) is 0 Å². The summed E-state index contributed by atoms with van der Waals surface area (Å²) >= 11 is 6.35. The molecular formula is C19H26ClN3O2. The van der Waals surface area contributed by atoms with E-state index in [0.29, 0.717) is 16.6 Å². The third-order valence-electron chi connectivity index (χ3n) is 5.61. The second-order valence-corrected chi connectivity index (χ2v) is 7.63. The highest BCUT2D eigenvalue weighted by Crippen LogP contribution is 2.28. The smallest absolute Gasteiger partial charge is 0.255 e. The Morgan fingerprint density at radius 2 is 1.76 bits per heavy atom. The standard InChI is InChI=1S/C19H26ClN3O2/c20-18-5-4-15(21-6-2-1-3-7-21)12-17(18)19(24)23-13-16(14-23)22-8-10-25-11-9-22/h4-5,12,16H,1-3,6-11,13-14H2. The molecule has 0 saturated carbocycles. The maximum Gasteiger partial charge on any atom is 0.255 e. The lowest BCUT2D eigenvalue weighted by molar-refractivity contribution is -0.0256. The molecule has 6 heteroatoms. The number of nitrogens with zero attached hydrogens (tertiary/aromatic N) is 3. The Morgan fingerprint density at radius 3 is 2.48 bits per heavy atom. The Balaban J connectivity index is 1.41. The summed E-state index contributed by atoms with van der Waals surface area (Å²) in [4.78, 5) is 19.6. The molecular weight excluding hydrogens is 338 g/mol. The Kier molecular flexibility index (Phi) is 5.15. The number of carbonyl (C=O) groups is 1. The van der Waals surface area contributed by atoms with E-state index in [4.69, 9.17) is 16.3 Å². The monoisotopic (exact) mass is 363 g/mol. The van der Waals surface area contributed by atoms with Crippen molar-refractivity contribution < 1.29 is 9.53 Å². The molecule has 136 valence electrons. The van der Waals surface area contributed by atoms with E-state index in [-0.39, 0.29) is 5.91 Å². The number of carbonyl (C=O) groups excluding carboxylic acids is 1. The SMILES string of the molecule is O=C(c1cc(N2CCCCC2)ccc1Cl)N1CC(N2CCOCC2)C1. The van der Waals surface area contributed by atoms with Crippen LogP contribution < -0.4 is 4.90 Å². The summed E-state index contributed by atoms with van der Waals surface area (Å²) in [6, 6.07) is 6.37. The lowest BCUT2D eigenvalue weighted by Gasteiger charge is -2.46. The molecule has 0 aliphatic carbocycles. The summed E-state index contributed by atoms with van der Waals surface area (Å²) in [5, 5.41) is 0.556. The minimum Gasteiger partial charge on any atom is -0.379 e. The number of likely N-dealkylation sites (tertiary alicyclic amines) is 1. The molecule has 3 heterocycles. The average molecular weight is 364 g/mol. The summed E-state index contributed by atoms with van der Waals surface area (Å²) in [5.41, 5.74) is 1.77. The molecule has 3 aliphatic heterocycles. The van der Waals surface area contributed by atoms with Gasteiger partial charge in [0.05, 0.1) is 23.8 Å². The predicted octanol–water partition coefficient (Wildman–Crippen LogP) is 2.49. The molecule has 0 spiro atoms. The molecule has 0 aromatic heterocycles. The minimum atomic E-state index is 0.0633. The highest BCUT2D eigenvalue weighted by molar-refractivity contribution is 6.34. The normalized spacial score (nSPS) is 22.8. The maximum atomic E-state index is 12.9. The quantitative estimate of drug-likeness (QED) is 0.826. The van der Waals surface area contributed by atoms with Crippen molar-refractivity contribution in [3.8, 4) is 0 Å². The Morgan fingerprint density at radius 1 is 1.04 bits per heavy atom. The zero-order valence-corrected chi connectivity index (χ0v) is 15.4. The third-order valence-corrected chi connectivity index (χ3v) is 5.94. The molecule has 4 rings (SSSR count). The molecule has 1 aromatic carbocycles. The van der Waals surface area contributed by atoms with E-state index in [9.17, 15) is 4.79 Å². The van der Waals surface area contributed by atoms with Gasteiger partial charge in [0.25, 0.3) is 5.91 Å². The van der Waals surface area contributed by atoms with Crippen LogP contribution in [0, 0.1) is 0 Å². The molecule has 1 aromatic rings. The van der Waals surface area contributed by atoms with E-state index in [0.717, 1.165) is 58.2 Å². The molecule has 3 aliphatic rings. The molecule has 0 radical (unpaired) electrons. The number of hydrogen-bond donors (Lipinski definition) is 0. The lowest BCUT2D eigenvalue weighted by Crippen LogP contribution is -2.62. The van der Waals surface area contributed by atoms with Crippen LogP contribution in [-0.2, 0) is 4.74 Å². The highest BCUT2D eigenvalue weighted by atomic mass is 35.5. The first-order valence-corrected chi connectivity index (χ1v) is 9.76. The van der Waals surface area contributed by atoms with Gasteiger partial charge >= 0.3 is 0 Å². The fraction of sp³-hybridized carbons (Fsp3) is 0.632. The molecule has 3 saturated heterocycles.